The second-order valence-corrected chi connectivity index (χ2v) is 12.3. The standard InChI is InChI=1S/C26H39N3O4/c1-24(2,3)20-10-21(29(28(20)4)15-19-7-6-8-33-19)27-22(30)25-11-17-9-18(12-25)14-26(13-17,16-25)23(31)32-5/h10,17-19H,6-9,11-16H2,1-5H3/b27-21+/t17?,18?,19-,25?,26?/m1/s1. The van der Waals surface area contributed by atoms with Crippen LogP contribution < -0.4 is 5.49 Å². The van der Waals surface area contributed by atoms with E-state index in [1.807, 2.05) is 0 Å². The number of aromatic nitrogens is 2. The van der Waals surface area contributed by atoms with Gasteiger partial charge >= 0.3 is 5.97 Å². The Morgan fingerprint density at radius 1 is 1.18 bits per heavy atom. The average molecular weight is 458 g/mol. The highest BCUT2D eigenvalue weighted by atomic mass is 16.5. The molecule has 0 spiro atoms. The van der Waals surface area contributed by atoms with Crippen LogP contribution in [0.5, 0.6) is 0 Å². The van der Waals surface area contributed by atoms with Crippen molar-refractivity contribution in [2.24, 2.45) is 34.7 Å². The van der Waals surface area contributed by atoms with E-state index in [1.165, 1.54) is 7.11 Å². The number of nitrogens with zero attached hydrogens (tertiary/aromatic N) is 3. The number of amides is 1. The second kappa shape index (κ2) is 7.82. The summed E-state index contributed by atoms with van der Waals surface area (Å²) in [6, 6.07) is 2.07. The van der Waals surface area contributed by atoms with E-state index in [9.17, 15) is 9.59 Å². The number of hydrogen-bond acceptors (Lipinski definition) is 4. The van der Waals surface area contributed by atoms with E-state index in [-0.39, 0.29) is 23.4 Å². The van der Waals surface area contributed by atoms with Crippen molar-refractivity contribution in [2.45, 2.75) is 90.2 Å². The maximum atomic E-state index is 13.9. The molecular weight excluding hydrogens is 418 g/mol. The van der Waals surface area contributed by atoms with E-state index in [4.69, 9.17) is 14.5 Å². The number of rotatable bonds is 4. The predicted octanol–water partition coefficient (Wildman–Crippen LogP) is 3.49. The zero-order chi connectivity index (χ0) is 23.6. The molecule has 1 saturated heterocycles. The largest absolute Gasteiger partial charge is 0.469 e. The predicted molar refractivity (Wildman–Crippen MR) is 123 cm³/mol. The van der Waals surface area contributed by atoms with Crippen molar-refractivity contribution < 1.29 is 19.1 Å². The highest BCUT2D eigenvalue weighted by Crippen LogP contribution is 2.65. The summed E-state index contributed by atoms with van der Waals surface area (Å²) in [7, 11) is 3.53. The third-order valence-corrected chi connectivity index (χ3v) is 8.76. The fourth-order valence-electron chi connectivity index (χ4n) is 7.75. The molecule has 2 unspecified atom stereocenters. The van der Waals surface area contributed by atoms with Gasteiger partial charge in [-0.2, -0.15) is 4.99 Å². The van der Waals surface area contributed by atoms with Crippen LogP contribution in [-0.4, -0.2) is 41.1 Å². The molecule has 4 bridgehead atoms. The number of methoxy groups -OCH3 is 1. The van der Waals surface area contributed by atoms with Crippen LogP contribution in [0.1, 0.15) is 77.8 Å². The molecule has 1 aromatic rings. The SMILES string of the molecule is COC(=O)C12CC3CC(CC(C(=O)/N=c4\cc(C(C)(C)C)n(C)n4C[C@H]4CCCO4)(C3)C1)C2. The summed E-state index contributed by atoms with van der Waals surface area (Å²) in [6.07, 6.45) is 7.43. The van der Waals surface area contributed by atoms with E-state index < -0.39 is 10.8 Å². The topological polar surface area (TPSA) is 74.8 Å². The summed E-state index contributed by atoms with van der Waals surface area (Å²) >= 11 is 0. The van der Waals surface area contributed by atoms with E-state index in [1.54, 1.807) is 0 Å². The van der Waals surface area contributed by atoms with E-state index in [2.05, 4.69) is 43.2 Å². The first-order valence-electron chi connectivity index (χ1n) is 12.6. The molecule has 0 aromatic carbocycles. The number of carbonyl (C=O) groups excluding carboxylic acids is 2. The molecular formula is C26H39N3O4. The van der Waals surface area contributed by atoms with Crippen LogP contribution in [0.2, 0.25) is 0 Å². The Labute approximate surface area is 196 Å². The van der Waals surface area contributed by atoms with E-state index in [0.717, 1.165) is 57.2 Å². The normalized spacial score (nSPS) is 35.9. The first kappa shape index (κ1) is 22.9. The third-order valence-electron chi connectivity index (χ3n) is 8.76. The molecule has 5 aliphatic rings. The summed E-state index contributed by atoms with van der Waals surface area (Å²) < 4.78 is 15.4. The fraction of sp³-hybridized carbons (Fsp3) is 0.808. The smallest absolute Gasteiger partial charge is 0.311 e. The molecule has 5 fully saturated rings. The molecule has 0 radical (unpaired) electrons. The molecule has 7 nitrogen and oxygen atoms in total. The van der Waals surface area contributed by atoms with Gasteiger partial charge in [0.2, 0.25) is 0 Å². The molecule has 3 atom stereocenters. The van der Waals surface area contributed by atoms with Gasteiger partial charge in [-0.25, -0.2) is 0 Å². The van der Waals surface area contributed by atoms with Gasteiger partial charge in [-0.1, -0.05) is 20.8 Å². The Morgan fingerprint density at radius 2 is 1.85 bits per heavy atom. The second-order valence-electron chi connectivity index (χ2n) is 12.3. The van der Waals surface area contributed by atoms with Crippen LogP contribution in [0.4, 0.5) is 0 Å². The first-order chi connectivity index (χ1) is 15.6. The van der Waals surface area contributed by atoms with Crippen LogP contribution in [-0.2, 0) is 38.1 Å². The lowest BCUT2D eigenvalue weighted by atomic mass is 9.44. The number of hydrogen-bond donors (Lipinski definition) is 0. The summed E-state index contributed by atoms with van der Waals surface area (Å²) in [5.74, 6) is 0.669. The quantitative estimate of drug-likeness (QED) is 0.649. The van der Waals surface area contributed by atoms with Crippen LogP contribution in [0, 0.1) is 22.7 Å². The van der Waals surface area contributed by atoms with Crippen molar-refractivity contribution >= 4 is 11.9 Å². The number of esters is 1. The molecule has 1 aliphatic heterocycles. The minimum Gasteiger partial charge on any atom is -0.469 e. The van der Waals surface area contributed by atoms with Crippen molar-refractivity contribution in [3.8, 4) is 0 Å². The van der Waals surface area contributed by atoms with Gasteiger partial charge in [-0.15, -0.1) is 0 Å². The Hall–Kier alpha value is -1.89. The Kier molecular flexibility index (Phi) is 5.42. The van der Waals surface area contributed by atoms with E-state index >= 15 is 0 Å². The van der Waals surface area contributed by atoms with Gasteiger partial charge in [-0.05, 0) is 63.2 Å². The maximum Gasteiger partial charge on any atom is 0.311 e. The van der Waals surface area contributed by atoms with Crippen LogP contribution in [0.25, 0.3) is 0 Å². The molecule has 4 saturated carbocycles. The summed E-state index contributed by atoms with van der Waals surface area (Å²) in [4.78, 5) is 31.5. The molecule has 4 aliphatic carbocycles. The third kappa shape index (κ3) is 3.80. The van der Waals surface area contributed by atoms with Crippen LogP contribution in [0.3, 0.4) is 0 Å². The monoisotopic (exact) mass is 457 g/mol. The molecule has 2 heterocycles. The lowest BCUT2D eigenvalue weighted by Crippen LogP contribution is -2.57. The summed E-state index contributed by atoms with van der Waals surface area (Å²) in [5, 5.41) is 0. The minimum atomic E-state index is -0.530. The number of carbonyl (C=O) groups is 2. The fourth-order valence-corrected chi connectivity index (χ4v) is 7.75. The molecule has 7 heteroatoms. The van der Waals surface area contributed by atoms with Gasteiger partial charge in [0.1, 0.15) is 0 Å². The van der Waals surface area contributed by atoms with Gasteiger partial charge in [0.25, 0.3) is 5.91 Å². The van der Waals surface area contributed by atoms with Crippen molar-refractivity contribution in [1.82, 2.24) is 9.36 Å². The summed E-state index contributed by atoms with van der Waals surface area (Å²) in [6.45, 7) is 8.05. The van der Waals surface area contributed by atoms with Crippen molar-refractivity contribution in [2.75, 3.05) is 13.7 Å². The van der Waals surface area contributed by atoms with Crippen molar-refractivity contribution in [3.63, 3.8) is 0 Å². The van der Waals surface area contributed by atoms with Crippen molar-refractivity contribution in [3.05, 3.63) is 17.2 Å². The zero-order valence-corrected chi connectivity index (χ0v) is 20.9. The first-order valence-corrected chi connectivity index (χ1v) is 12.6. The Morgan fingerprint density at radius 3 is 2.42 bits per heavy atom. The number of ether oxygens (including phenoxy) is 2. The summed E-state index contributed by atoms with van der Waals surface area (Å²) in [5.41, 5.74) is 0.761. The van der Waals surface area contributed by atoms with Crippen molar-refractivity contribution in [1.29, 1.82) is 0 Å². The van der Waals surface area contributed by atoms with Gasteiger partial charge in [-0.3, -0.25) is 19.0 Å². The molecule has 1 amide bonds. The van der Waals surface area contributed by atoms with Crippen LogP contribution in [0.15, 0.2) is 11.1 Å². The molecule has 1 aromatic heterocycles. The van der Waals surface area contributed by atoms with Gasteiger partial charge in [0.05, 0.1) is 30.6 Å². The van der Waals surface area contributed by atoms with Crippen LogP contribution >= 0.6 is 0 Å². The highest BCUT2D eigenvalue weighted by molar-refractivity contribution is 5.86. The lowest BCUT2D eigenvalue weighted by Gasteiger charge is -2.59. The molecule has 0 N–H and O–H groups in total. The Bertz CT molecular complexity index is 1010. The molecule has 33 heavy (non-hydrogen) atoms. The maximum absolute atomic E-state index is 13.9. The van der Waals surface area contributed by atoms with Gasteiger partial charge in [0.15, 0.2) is 5.49 Å². The van der Waals surface area contributed by atoms with E-state index in [0.29, 0.717) is 30.3 Å². The minimum absolute atomic E-state index is 0.0444. The average Bonchev–Trinajstić information content (AvgIpc) is 3.35. The molecule has 182 valence electrons. The zero-order valence-electron chi connectivity index (χ0n) is 20.9. The molecule has 6 rings (SSSR count). The lowest BCUT2D eigenvalue weighted by molar-refractivity contribution is -0.180. The highest BCUT2D eigenvalue weighted by Gasteiger charge is 2.63. The van der Waals surface area contributed by atoms with Gasteiger partial charge in [0, 0.05) is 30.8 Å². The van der Waals surface area contributed by atoms with Gasteiger partial charge < -0.3 is 9.47 Å². The Balaban J connectivity index is 1.53.